The van der Waals surface area contributed by atoms with Gasteiger partial charge in [-0.15, -0.1) is 0 Å². The number of fused-ring (bicyclic) bond motifs is 1. The largest absolute Gasteiger partial charge is 0.461 e. The summed E-state index contributed by atoms with van der Waals surface area (Å²) in [5.74, 6) is -0.432. The minimum Gasteiger partial charge on any atom is -0.461 e. The molecule has 2 heterocycles. The third-order valence-corrected chi connectivity index (χ3v) is 3.81. The Morgan fingerprint density at radius 1 is 1.24 bits per heavy atom. The van der Waals surface area contributed by atoms with Crippen LogP contribution in [0.15, 0.2) is 18.3 Å². The van der Waals surface area contributed by atoms with Gasteiger partial charge in [0, 0.05) is 45.7 Å². The molecule has 0 amide bonds. The van der Waals surface area contributed by atoms with Crippen LogP contribution in [-0.2, 0) is 20.8 Å². The van der Waals surface area contributed by atoms with Crippen LogP contribution in [0.1, 0.15) is 23.1 Å². The molecule has 0 aromatic carbocycles. The van der Waals surface area contributed by atoms with Crippen molar-refractivity contribution in [3.63, 3.8) is 0 Å². The topological polar surface area (TPSA) is 91.3 Å². The molecule has 2 aromatic heterocycles. The normalized spacial score (nSPS) is 11.4. The van der Waals surface area contributed by atoms with E-state index in [2.05, 4.69) is 9.88 Å². The van der Waals surface area contributed by atoms with E-state index in [1.54, 1.807) is 39.5 Å². The fourth-order valence-corrected chi connectivity index (χ4v) is 2.55. The number of ether oxygens (including phenoxy) is 3. The average Bonchev–Trinajstić information content (AvgIpc) is 2.95. The van der Waals surface area contributed by atoms with Crippen LogP contribution in [-0.4, -0.2) is 67.4 Å². The molecule has 2 N–H and O–H groups in total. The Balaban J connectivity index is 2.38. The van der Waals surface area contributed by atoms with Gasteiger partial charge in [0.2, 0.25) is 0 Å². The van der Waals surface area contributed by atoms with Gasteiger partial charge >= 0.3 is 5.97 Å². The van der Waals surface area contributed by atoms with Gasteiger partial charge in [0.05, 0.1) is 25.5 Å². The van der Waals surface area contributed by atoms with Crippen LogP contribution in [0.4, 0.5) is 5.69 Å². The maximum atomic E-state index is 12.3. The van der Waals surface area contributed by atoms with Crippen LogP contribution in [0.3, 0.4) is 0 Å². The standard InChI is InChI=1S/C17H26N4O4/c1-4-25-17(22)16-14(12-20(7-9-23-2)8-10-24-3)21-11-13(18)5-6-15(21)19-16/h5-6,11H,4,7-10,12,18H2,1-3H3. The summed E-state index contributed by atoms with van der Waals surface area (Å²) in [5.41, 5.74) is 8.22. The minimum atomic E-state index is -0.432. The Morgan fingerprint density at radius 3 is 2.52 bits per heavy atom. The van der Waals surface area contributed by atoms with E-state index in [1.807, 2.05) is 4.40 Å². The van der Waals surface area contributed by atoms with Crippen molar-refractivity contribution in [2.24, 2.45) is 0 Å². The summed E-state index contributed by atoms with van der Waals surface area (Å²) in [4.78, 5) is 18.9. The molecule has 8 nitrogen and oxygen atoms in total. The number of imidazole rings is 1. The minimum absolute atomic E-state index is 0.297. The molecule has 0 fully saturated rings. The lowest BCUT2D eigenvalue weighted by molar-refractivity contribution is 0.0516. The van der Waals surface area contributed by atoms with E-state index in [0.29, 0.717) is 56.5 Å². The van der Waals surface area contributed by atoms with E-state index in [4.69, 9.17) is 19.9 Å². The Kier molecular flexibility index (Phi) is 7.17. The summed E-state index contributed by atoms with van der Waals surface area (Å²) in [6.07, 6.45) is 1.77. The highest BCUT2D eigenvalue weighted by Crippen LogP contribution is 2.18. The number of nitrogen functional groups attached to an aromatic ring is 1. The van der Waals surface area contributed by atoms with Crippen LogP contribution in [0.25, 0.3) is 5.65 Å². The maximum Gasteiger partial charge on any atom is 0.358 e. The highest BCUT2D eigenvalue weighted by atomic mass is 16.5. The van der Waals surface area contributed by atoms with Crippen LogP contribution < -0.4 is 5.73 Å². The van der Waals surface area contributed by atoms with E-state index >= 15 is 0 Å². The van der Waals surface area contributed by atoms with E-state index < -0.39 is 5.97 Å². The second-order valence-electron chi connectivity index (χ2n) is 5.58. The van der Waals surface area contributed by atoms with Crippen LogP contribution >= 0.6 is 0 Å². The van der Waals surface area contributed by atoms with E-state index in [0.717, 1.165) is 5.69 Å². The van der Waals surface area contributed by atoms with Gasteiger partial charge in [0.1, 0.15) is 5.65 Å². The molecule has 0 aliphatic carbocycles. The third kappa shape index (κ3) is 4.91. The van der Waals surface area contributed by atoms with Gasteiger partial charge in [-0.05, 0) is 19.1 Å². The Bertz CT molecular complexity index is 693. The van der Waals surface area contributed by atoms with Gasteiger partial charge in [-0.2, -0.15) is 0 Å². The summed E-state index contributed by atoms with van der Waals surface area (Å²) in [6.45, 7) is 5.15. The van der Waals surface area contributed by atoms with Gasteiger partial charge < -0.3 is 19.9 Å². The molecule has 0 saturated heterocycles. The second-order valence-corrected chi connectivity index (χ2v) is 5.58. The van der Waals surface area contributed by atoms with E-state index in [9.17, 15) is 4.79 Å². The second kappa shape index (κ2) is 9.36. The van der Waals surface area contributed by atoms with Crippen molar-refractivity contribution in [3.05, 3.63) is 29.7 Å². The van der Waals surface area contributed by atoms with Crippen LogP contribution in [0.2, 0.25) is 0 Å². The number of anilines is 1. The molecular weight excluding hydrogens is 324 g/mol. The lowest BCUT2D eigenvalue weighted by Crippen LogP contribution is -2.31. The zero-order valence-corrected chi connectivity index (χ0v) is 15.0. The van der Waals surface area contributed by atoms with Gasteiger partial charge in [-0.25, -0.2) is 9.78 Å². The summed E-state index contributed by atoms with van der Waals surface area (Å²) in [5, 5.41) is 0. The first-order valence-electron chi connectivity index (χ1n) is 8.24. The van der Waals surface area contributed by atoms with Crippen LogP contribution in [0, 0.1) is 0 Å². The quantitative estimate of drug-likeness (QED) is 0.644. The number of esters is 1. The summed E-state index contributed by atoms with van der Waals surface area (Å²) in [6, 6.07) is 3.55. The Labute approximate surface area is 147 Å². The van der Waals surface area contributed by atoms with Crippen LogP contribution in [0.5, 0.6) is 0 Å². The Hall–Kier alpha value is -2.16. The average molecular weight is 350 g/mol. The molecule has 25 heavy (non-hydrogen) atoms. The molecule has 0 spiro atoms. The van der Waals surface area contributed by atoms with Crippen molar-refractivity contribution in [2.45, 2.75) is 13.5 Å². The molecule has 0 unspecified atom stereocenters. The monoisotopic (exact) mass is 350 g/mol. The highest BCUT2D eigenvalue weighted by molar-refractivity contribution is 5.89. The number of hydrogen-bond acceptors (Lipinski definition) is 7. The predicted octanol–water partition coefficient (Wildman–Crippen LogP) is 1.19. The number of methoxy groups -OCH3 is 2. The lowest BCUT2D eigenvalue weighted by Gasteiger charge is -2.21. The predicted molar refractivity (Wildman–Crippen MR) is 94.6 cm³/mol. The van der Waals surface area contributed by atoms with Crippen molar-refractivity contribution in [1.82, 2.24) is 14.3 Å². The van der Waals surface area contributed by atoms with Gasteiger partial charge in [0.15, 0.2) is 5.69 Å². The smallest absolute Gasteiger partial charge is 0.358 e. The Morgan fingerprint density at radius 2 is 1.92 bits per heavy atom. The van der Waals surface area contributed by atoms with Crippen molar-refractivity contribution < 1.29 is 19.0 Å². The molecule has 0 bridgehead atoms. The molecule has 0 radical (unpaired) electrons. The number of hydrogen-bond donors (Lipinski definition) is 1. The molecule has 138 valence electrons. The summed E-state index contributed by atoms with van der Waals surface area (Å²) in [7, 11) is 3.32. The molecule has 2 aromatic rings. The first kappa shape index (κ1) is 19.2. The lowest BCUT2D eigenvalue weighted by atomic mass is 10.3. The third-order valence-electron chi connectivity index (χ3n) is 3.81. The van der Waals surface area contributed by atoms with Gasteiger partial charge in [-0.3, -0.25) is 9.30 Å². The van der Waals surface area contributed by atoms with Crippen molar-refractivity contribution in [3.8, 4) is 0 Å². The molecule has 8 heteroatoms. The number of nitrogens with zero attached hydrogens (tertiary/aromatic N) is 3. The fraction of sp³-hybridized carbons (Fsp3) is 0.529. The zero-order valence-electron chi connectivity index (χ0n) is 15.0. The molecular formula is C17H26N4O4. The summed E-state index contributed by atoms with van der Waals surface area (Å²) >= 11 is 0. The molecule has 0 aliphatic heterocycles. The zero-order chi connectivity index (χ0) is 18.2. The number of nitrogens with two attached hydrogens (primary N) is 1. The molecule has 0 aliphatic rings. The summed E-state index contributed by atoms with van der Waals surface area (Å²) < 4.78 is 17.4. The number of carbonyl (C=O) groups is 1. The van der Waals surface area contributed by atoms with E-state index in [-0.39, 0.29) is 0 Å². The number of carbonyl (C=O) groups excluding carboxylic acids is 1. The van der Waals surface area contributed by atoms with Gasteiger partial charge in [0.25, 0.3) is 0 Å². The van der Waals surface area contributed by atoms with Crippen molar-refractivity contribution in [2.75, 3.05) is 52.9 Å². The fourth-order valence-electron chi connectivity index (χ4n) is 2.55. The molecule has 0 saturated carbocycles. The van der Waals surface area contributed by atoms with Crippen molar-refractivity contribution >= 4 is 17.3 Å². The van der Waals surface area contributed by atoms with E-state index in [1.165, 1.54) is 0 Å². The molecule has 2 rings (SSSR count). The maximum absolute atomic E-state index is 12.3. The molecule has 0 atom stereocenters. The van der Waals surface area contributed by atoms with Crippen molar-refractivity contribution in [1.29, 1.82) is 0 Å². The first-order chi connectivity index (χ1) is 12.1. The number of aromatic nitrogens is 2. The first-order valence-corrected chi connectivity index (χ1v) is 8.24. The number of rotatable bonds is 10. The SMILES string of the molecule is CCOC(=O)c1nc2ccc(N)cn2c1CN(CCOC)CCOC. The highest BCUT2D eigenvalue weighted by Gasteiger charge is 2.22. The van der Waals surface area contributed by atoms with Gasteiger partial charge in [-0.1, -0.05) is 0 Å². The number of pyridine rings is 1.